The van der Waals surface area contributed by atoms with Crippen LogP contribution in [0.25, 0.3) is 71.7 Å². The first kappa shape index (κ1) is 33.9. The van der Waals surface area contributed by atoms with E-state index >= 15 is 0 Å². The lowest BCUT2D eigenvalue weighted by atomic mass is 10.0. The molecule has 10 aromatic rings. The third-order valence-corrected chi connectivity index (χ3v) is 10.6. The van der Waals surface area contributed by atoms with Crippen LogP contribution >= 0.6 is 0 Å². The number of hydrogen-bond acceptors (Lipinski definition) is 2. The number of hydrogen-bond donors (Lipinski definition) is 0. The first-order valence-electron chi connectivity index (χ1n) is 19.1. The summed E-state index contributed by atoms with van der Waals surface area (Å²) in [6, 6.07) is 67.3. The molecular weight excluding hydrogens is 697 g/mol. The Bertz CT molecular complexity index is 3150. The Morgan fingerprint density at radius 3 is 1.88 bits per heavy atom. The largest absolute Gasteiger partial charge is 0.456 e. The molecule has 0 saturated carbocycles. The van der Waals surface area contributed by atoms with Crippen LogP contribution in [0, 0.1) is 0 Å². The monoisotopic (exact) mass is 732 g/mol. The molecule has 0 aliphatic carbocycles. The van der Waals surface area contributed by atoms with Gasteiger partial charge in [0.1, 0.15) is 11.2 Å². The predicted molar refractivity (Wildman–Crippen MR) is 238 cm³/mol. The Morgan fingerprint density at radius 2 is 1.07 bits per heavy atom. The average Bonchev–Trinajstić information content (AvgIpc) is 3.82. The second-order valence-corrected chi connectivity index (χ2v) is 14.1. The second kappa shape index (κ2) is 14.5. The summed E-state index contributed by atoms with van der Waals surface area (Å²) in [6.45, 7) is 4.44. The first-order chi connectivity index (χ1) is 28.2. The molecule has 270 valence electrons. The molecule has 0 radical (unpaired) electrons. The van der Waals surface area contributed by atoms with Crippen LogP contribution in [0.15, 0.2) is 214 Å². The Morgan fingerprint density at radius 1 is 0.456 bits per heavy atom. The van der Waals surface area contributed by atoms with E-state index in [9.17, 15) is 0 Å². The molecule has 0 bridgehead atoms. The van der Waals surface area contributed by atoms with Crippen LogP contribution in [0.2, 0.25) is 0 Å². The van der Waals surface area contributed by atoms with Crippen molar-refractivity contribution in [2.75, 3.05) is 0 Å². The van der Waals surface area contributed by atoms with Gasteiger partial charge in [0.25, 0.3) is 0 Å². The van der Waals surface area contributed by atoms with Gasteiger partial charge >= 0.3 is 0 Å². The third-order valence-electron chi connectivity index (χ3n) is 10.6. The number of rotatable bonds is 7. The highest BCUT2D eigenvalue weighted by Gasteiger charge is 2.16. The number of furan rings is 1. The zero-order valence-electron chi connectivity index (χ0n) is 31.1. The molecule has 2 aromatic heterocycles. The van der Waals surface area contributed by atoms with Crippen molar-refractivity contribution in [2.24, 2.45) is 15.0 Å². The zero-order valence-corrected chi connectivity index (χ0v) is 31.1. The molecule has 0 saturated heterocycles. The van der Waals surface area contributed by atoms with Gasteiger partial charge in [0.05, 0.1) is 17.6 Å². The summed E-state index contributed by atoms with van der Waals surface area (Å²) in [7, 11) is 0. The summed E-state index contributed by atoms with van der Waals surface area (Å²) >= 11 is 0. The highest BCUT2D eigenvalue weighted by molar-refractivity contribution is 6.14. The normalized spacial score (nSPS) is 12.2. The molecule has 0 unspecified atom stereocenters. The molecule has 57 heavy (non-hydrogen) atoms. The number of fused-ring (bicyclic) bond motifs is 6. The Kier molecular flexibility index (Phi) is 8.65. The molecule has 0 atom stereocenters. The van der Waals surface area contributed by atoms with E-state index in [1.54, 1.807) is 0 Å². The van der Waals surface area contributed by atoms with Gasteiger partial charge in [-0.25, -0.2) is 9.98 Å². The van der Waals surface area contributed by atoms with E-state index < -0.39 is 0 Å². The molecule has 0 amide bonds. The van der Waals surface area contributed by atoms with Gasteiger partial charge in [-0.2, -0.15) is 0 Å². The van der Waals surface area contributed by atoms with E-state index in [4.69, 9.17) is 14.4 Å². The average molecular weight is 733 g/mol. The number of aromatic nitrogens is 1. The molecule has 0 aliphatic heterocycles. The molecular formula is C52H36N4O. The Hall–Kier alpha value is -7.63. The summed E-state index contributed by atoms with van der Waals surface area (Å²) in [4.78, 5) is 14.6. The lowest BCUT2D eigenvalue weighted by Gasteiger charge is -2.11. The fourth-order valence-corrected chi connectivity index (χ4v) is 7.79. The van der Waals surface area contributed by atoms with Gasteiger partial charge in [-0.05, 0) is 77.0 Å². The van der Waals surface area contributed by atoms with Crippen molar-refractivity contribution in [1.29, 1.82) is 0 Å². The Balaban J connectivity index is 1.04. The minimum absolute atomic E-state index is 0.472. The summed E-state index contributed by atoms with van der Waals surface area (Å²) in [5.41, 5.74) is 12.4. The van der Waals surface area contributed by atoms with Gasteiger partial charge in [-0.3, -0.25) is 4.99 Å². The number of amidine groups is 2. The number of nitrogens with zero attached hydrogens (tertiary/aromatic N) is 4. The number of aliphatic imine (C=N–C) groups is 3. The highest BCUT2D eigenvalue weighted by atomic mass is 16.3. The fourth-order valence-electron chi connectivity index (χ4n) is 7.79. The molecule has 0 aliphatic rings. The van der Waals surface area contributed by atoms with Gasteiger partial charge in [-0.15, -0.1) is 0 Å². The van der Waals surface area contributed by atoms with Crippen molar-refractivity contribution in [3.05, 3.63) is 211 Å². The summed E-state index contributed by atoms with van der Waals surface area (Å²) in [6.07, 6.45) is 0. The predicted octanol–water partition coefficient (Wildman–Crippen LogP) is 13.1. The van der Waals surface area contributed by atoms with Crippen molar-refractivity contribution in [2.45, 2.75) is 6.54 Å². The fraction of sp³-hybridized carbons (Fsp3) is 0.0192. The lowest BCUT2D eigenvalue weighted by Crippen LogP contribution is -2.06. The van der Waals surface area contributed by atoms with Crippen molar-refractivity contribution in [3.63, 3.8) is 0 Å². The molecule has 5 nitrogen and oxygen atoms in total. The molecule has 8 aromatic carbocycles. The quantitative estimate of drug-likeness (QED) is 0.119. The van der Waals surface area contributed by atoms with Crippen LogP contribution in [0.3, 0.4) is 0 Å². The first-order valence-corrected chi connectivity index (χ1v) is 19.1. The second-order valence-electron chi connectivity index (χ2n) is 14.1. The van der Waals surface area contributed by atoms with Crippen molar-refractivity contribution in [1.82, 2.24) is 4.57 Å². The molecule has 2 heterocycles. The minimum atomic E-state index is 0.472. The maximum atomic E-state index is 6.26. The van der Waals surface area contributed by atoms with Gasteiger partial charge in [0.15, 0.2) is 11.7 Å². The van der Waals surface area contributed by atoms with Gasteiger partial charge < -0.3 is 8.98 Å². The maximum Gasteiger partial charge on any atom is 0.161 e. The molecule has 5 heteroatoms. The van der Waals surface area contributed by atoms with Gasteiger partial charge in [-0.1, -0.05) is 152 Å². The number of benzene rings is 8. The molecule has 0 spiro atoms. The van der Waals surface area contributed by atoms with E-state index in [1.165, 1.54) is 21.9 Å². The van der Waals surface area contributed by atoms with E-state index in [1.807, 2.05) is 54.6 Å². The zero-order chi connectivity index (χ0) is 38.1. The van der Waals surface area contributed by atoms with Gasteiger partial charge in [0, 0.05) is 38.4 Å². The number of para-hydroxylation sites is 2. The van der Waals surface area contributed by atoms with Gasteiger partial charge in [0.2, 0.25) is 0 Å². The van der Waals surface area contributed by atoms with E-state index in [-0.39, 0.29) is 0 Å². The van der Waals surface area contributed by atoms with Crippen LogP contribution in [0.4, 0.5) is 0 Å². The SMILES string of the molecule is C=NC(=NC(=NCc1ccc(-c2ccccc2)cc1)c1ccccc1)c1cccc(-n2c3ccccc3c3ccc(-c4ccc5c(c4)oc4ccccc45)cc32)c1. The third kappa shape index (κ3) is 6.41. The van der Waals surface area contributed by atoms with Crippen LogP contribution in [-0.2, 0) is 6.54 Å². The highest BCUT2D eigenvalue weighted by Crippen LogP contribution is 2.37. The van der Waals surface area contributed by atoms with Crippen LogP contribution in [0.1, 0.15) is 16.7 Å². The maximum absolute atomic E-state index is 6.26. The Labute approximate surface area is 330 Å². The summed E-state index contributed by atoms with van der Waals surface area (Å²) < 4.78 is 8.59. The van der Waals surface area contributed by atoms with Crippen LogP contribution in [0.5, 0.6) is 0 Å². The standard InChI is InChI=1S/C52H36N4O/c1-53-51(55-52(38-15-6-3-7-16-38)54-34-35-23-25-37(26-24-35)36-13-4-2-5-14-36)41-17-12-18-42(31-41)56-47-21-10-8-19-43(47)44-29-27-39(32-48(44)56)40-28-30-46-45-20-9-11-22-49(45)57-50(46)33-40/h2-33H,1,34H2. The van der Waals surface area contributed by atoms with E-state index in [0.717, 1.165) is 66.5 Å². The lowest BCUT2D eigenvalue weighted by molar-refractivity contribution is 0.669. The summed E-state index contributed by atoms with van der Waals surface area (Å²) in [5, 5.41) is 4.61. The smallest absolute Gasteiger partial charge is 0.161 e. The summed E-state index contributed by atoms with van der Waals surface area (Å²) in [5.74, 6) is 1.10. The molecule has 0 N–H and O–H groups in total. The van der Waals surface area contributed by atoms with Crippen LogP contribution < -0.4 is 0 Å². The topological polar surface area (TPSA) is 55.1 Å². The van der Waals surface area contributed by atoms with Crippen molar-refractivity contribution >= 4 is 62.1 Å². The van der Waals surface area contributed by atoms with E-state index in [2.05, 4.69) is 156 Å². The van der Waals surface area contributed by atoms with Crippen LogP contribution in [-0.4, -0.2) is 23.0 Å². The molecule has 10 rings (SSSR count). The van der Waals surface area contributed by atoms with Crippen molar-refractivity contribution < 1.29 is 4.42 Å². The minimum Gasteiger partial charge on any atom is -0.456 e. The molecule has 0 fully saturated rings. The van der Waals surface area contributed by atoms with E-state index in [0.29, 0.717) is 18.2 Å². The van der Waals surface area contributed by atoms with Crippen molar-refractivity contribution in [3.8, 4) is 27.9 Å².